The highest BCUT2D eigenvalue weighted by atomic mass is 19.4. The van der Waals surface area contributed by atoms with Crippen LogP contribution >= 0.6 is 0 Å². The molecule has 1 aliphatic rings. The highest BCUT2D eigenvalue weighted by molar-refractivity contribution is 5.86. The van der Waals surface area contributed by atoms with Crippen molar-refractivity contribution in [1.29, 1.82) is 0 Å². The molecule has 1 saturated carbocycles. The van der Waals surface area contributed by atoms with Crippen molar-refractivity contribution in [3.8, 4) is 0 Å². The van der Waals surface area contributed by atoms with Gasteiger partial charge in [-0.2, -0.15) is 13.2 Å². The summed E-state index contributed by atoms with van der Waals surface area (Å²) in [5.41, 5.74) is -3.38. The van der Waals surface area contributed by atoms with E-state index in [0.717, 1.165) is 12.8 Å². The summed E-state index contributed by atoms with van der Waals surface area (Å²) in [6.07, 6.45) is -3.59. The molecule has 1 aliphatic carbocycles. The molecule has 20 heavy (non-hydrogen) atoms. The zero-order chi connectivity index (χ0) is 15.6. The van der Waals surface area contributed by atoms with Crippen LogP contribution in [-0.2, 0) is 4.79 Å². The maximum Gasteiger partial charge on any atom is 0.422 e. The molecule has 0 spiro atoms. The fourth-order valence-corrected chi connectivity index (χ4v) is 1.96. The predicted molar refractivity (Wildman–Crippen MR) is 62.0 cm³/mol. The number of amides is 2. The van der Waals surface area contributed by atoms with Gasteiger partial charge < -0.3 is 20.8 Å². The number of urea groups is 1. The zero-order valence-corrected chi connectivity index (χ0v) is 10.8. The predicted octanol–water partition coefficient (Wildman–Crippen LogP) is 0.995. The van der Waals surface area contributed by atoms with Crippen LogP contribution in [0.2, 0.25) is 0 Å². The van der Waals surface area contributed by atoms with Crippen LogP contribution in [0.4, 0.5) is 18.0 Å². The zero-order valence-electron chi connectivity index (χ0n) is 10.8. The molecule has 0 radical (unpaired) electrons. The molecule has 0 bridgehead atoms. The van der Waals surface area contributed by atoms with Crippen LogP contribution in [0.1, 0.15) is 32.6 Å². The van der Waals surface area contributed by atoms with Crippen LogP contribution < -0.4 is 10.6 Å². The van der Waals surface area contributed by atoms with Crippen molar-refractivity contribution in [2.45, 2.75) is 56.5 Å². The largest absolute Gasteiger partial charge is 0.479 e. The van der Waals surface area contributed by atoms with Crippen molar-refractivity contribution < 1.29 is 33.0 Å². The van der Waals surface area contributed by atoms with Crippen LogP contribution in [0.25, 0.3) is 0 Å². The first-order chi connectivity index (χ1) is 9.08. The topological polar surface area (TPSA) is 98.7 Å². The fraction of sp³-hybridized carbons (Fsp3) is 0.818. The average molecular weight is 298 g/mol. The van der Waals surface area contributed by atoms with E-state index in [9.17, 15) is 27.9 Å². The number of rotatable bonds is 3. The highest BCUT2D eigenvalue weighted by Gasteiger charge is 2.58. The van der Waals surface area contributed by atoms with Gasteiger partial charge in [0.25, 0.3) is 0 Å². The molecular weight excluding hydrogens is 281 g/mol. The molecule has 0 aromatic carbocycles. The Kier molecular flexibility index (Phi) is 4.85. The molecule has 6 nitrogen and oxygen atoms in total. The summed E-state index contributed by atoms with van der Waals surface area (Å²) < 4.78 is 38.1. The lowest BCUT2D eigenvalue weighted by Crippen LogP contribution is -2.65. The molecule has 0 aromatic rings. The summed E-state index contributed by atoms with van der Waals surface area (Å²) in [4.78, 5) is 22.3. The number of carboxylic acid groups (broad SMARTS) is 1. The number of aliphatic carboxylic acids is 1. The van der Waals surface area contributed by atoms with Crippen molar-refractivity contribution >= 4 is 12.0 Å². The number of hydrogen-bond acceptors (Lipinski definition) is 3. The standard InChI is InChI=1S/C11H17F3N2O4/c1-10(8(18)19,11(12,13)14)16-9(20)15-6-4-2-3-5-7(6)17/h6-7,17H,2-5H2,1H3,(H,18,19)(H2,15,16,20). The van der Waals surface area contributed by atoms with E-state index in [1.165, 1.54) is 5.32 Å². The number of carboxylic acids is 1. The minimum absolute atomic E-state index is 0.367. The first-order valence-corrected chi connectivity index (χ1v) is 6.15. The van der Waals surface area contributed by atoms with Crippen LogP contribution in [0.3, 0.4) is 0 Å². The molecule has 0 heterocycles. The molecule has 0 saturated heterocycles. The van der Waals surface area contributed by atoms with Crippen LogP contribution in [0, 0.1) is 0 Å². The van der Waals surface area contributed by atoms with E-state index in [-0.39, 0.29) is 0 Å². The molecule has 4 N–H and O–H groups in total. The second-order valence-corrected chi connectivity index (χ2v) is 4.98. The van der Waals surface area contributed by atoms with Gasteiger partial charge in [0.15, 0.2) is 0 Å². The van der Waals surface area contributed by atoms with Crippen molar-refractivity contribution in [3.05, 3.63) is 0 Å². The Hall–Kier alpha value is -1.51. The number of halogens is 3. The van der Waals surface area contributed by atoms with Gasteiger partial charge in [-0.1, -0.05) is 12.8 Å². The molecule has 1 rings (SSSR count). The lowest BCUT2D eigenvalue weighted by Gasteiger charge is -2.32. The summed E-state index contributed by atoms with van der Waals surface area (Å²) in [5, 5.41) is 21.9. The summed E-state index contributed by atoms with van der Waals surface area (Å²) in [7, 11) is 0. The molecule has 2 amide bonds. The van der Waals surface area contributed by atoms with Gasteiger partial charge >= 0.3 is 18.2 Å². The van der Waals surface area contributed by atoms with Crippen molar-refractivity contribution in [2.75, 3.05) is 0 Å². The minimum Gasteiger partial charge on any atom is -0.479 e. The van der Waals surface area contributed by atoms with E-state index in [1.54, 1.807) is 0 Å². The van der Waals surface area contributed by atoms with E-state index < -0.39 is 35.9 Å². The summed E-state index contributed by atoms with van der Waals surface area (Å²) in [6, 6.07) is -1.94. The number of carbonyl (C=O) groups excluding carboxylic acids is 1. The molecule has 1 fully saturated rings. The highest BCUT2D eigenvalue weighted by Crippen LogP contribution is 2.30. The van der Waals surface area contributed by atoms with Crippen molar-refractivity contribution in [1.82, 2.24) is 10.6 Å². The second kappa shape index (κ2) is 5.86. The molecule has 0 aliphatic heterocycles. The number of hydrogen-bond donors (Lipinski definition) is 4. The summed E-state index contributed by atoms with van der Waals surface area (Å²) >= 11 is 0. The van der Waals surface area contributed by atoms with Crippen LogP contribution in [-0.4, -0.2) is 46.1 Å². The molecule has 3 atom stereocenters. The van der Waals surface area contributed by atoms with Gasteiger partial charge in [-0.3, -0.25) is 0 Å². The van der Waals surface area contributed by atoms with Gasteiger partial charge in [0, 0.05) is 0 Å². The Morgan fingerprint density at radius 2 is 1.75 bits per heavy atom. The maximum absolute atomic E-state index is 12.7. The van der Waals surface area contributed by atoms with Gasteiger partial charge in [0.2, 0.25) is 5.54 Å². The van der Waals surface area contributed by atoms with E-state index in [4.69, 9.17) is 5.11 Å². The molecule has 116 valence electrons. The number of aliphatic hydroxyl groups excluding tert-OH is 1. The van der Waals surface area contributed by atoms with E-state index in [1.807, 2.05) is 0 Å². The first-order valence-electron chi connectivity index (χ1n) is 6.15. The van der Waals surface area contributed by atoms with Crippen LogP contribution in [0.5, 0.6) is 0 Å². The Labute approximate surface area is 113 Å². The Balaban J connectivity index is 2.70. The third-order valence-electron chi connectivity index (χ3n) is 3.40. The monoisotopic (exact) mass is 298 g/mol. The third kappa shape index (κ3) is 3.53. The molecule has 3 unspecified atom stereocenters. The third-order valence-corrected chi connectivity index (χ3v) is 3.40. The van der Waals surface area contributed by atoms with Crippen molar-refractivity contribution in [3.63, 3.8) is 0 Å². The lowest BCUT2D eigenvalue weighted by molar-refractivity contribution is -0.203. The number of carbonyl (C=O) groups is 2. The summed E-state index contributed by atoms with van der Waals surface area (Å²) in [6.45, 7) is 0.367. The normalized spacial score (nSPS) is 26.4. The summed E-state index contributed by atoms with van der Waals surface area (Å²) in [5.74, 6) is -2.20. The molecular formula is C11H17F3N2O4. The SMILES string of the molecule is CC(NC(=O)NC1CCCCC1O)(C(=O)O)C(F)(F)F. The Morgan fingerprint density at radius 1 is 1.20 bits per heavy atom. The molecule has 9 heteroatoms. The quantitative estimate of drug-likeness (QED) is 0.624. The smallest absolute Gasteiger partial charge is 0.422 e. The van der Waals surface area contributed by atoms with Gasteiger partial charge in [0.1, 0.15) is 0 Å². The van der Waals surface area contributed by atoms with Crippen molar-refractivity contribution in [2.24, 2.45) is 0 Å². The lowest BCUT2D eigenvalue weighted by atomic mass is 9.93. The average Bonchev–Trinajstić information content (AvgIpc) is 2.30. The maximum atomic E-state index is 12.7. The number of aliphatic hydroxyl groups is 1. The van der Waals surface area contributed by atoms with E-state index in [0.29, 0.717) is 19.8 Å². The van der Waals surface area contributed by atoms with E-state index in [2.05, 4.69) is 5.32 Å². The van der Waals surface area contributed by atoms with Gasteiger partial charge in [-0.15, -0.1) is 0 Å². The van der Waals surface area contributed by atoms with E-state index >= 15 is 0 Å². The Bertz CT molecular complexity index is 388. The Morgan fingerprint density at radius 3 is 2.20 bits per heavy atom. The number of alkyl halides is 3. The van der Waals surface area contributed by atoms with Gasteiger partial charge in [0.05, 0.1) is 12.1 Å². The minimum atomic E-state index is -5.14. The fourth-order valence-electron chi connectivity index (χ4n) is 1.96. The van der Waals surface area contributed by atoms with Gasteiger partial charge in [-0.25, -0.2) is 9.59 Å². The van der Waals surface area contributed by atoms with Crippen LogP contribution in [0.15, 0.2) is 0 Å². The first kappa shape index (κ1) is 16.5. The van der Waals surface area contributed by atoms with Gasteiger partial charge in [-0.05, 0) is 19.8 Å². The molecule has 0 aromatic heterocycles. The number of nitrogens with one attached hydrogen (secondary N) is 2. The second-order valence-electron chi connectivity index (χ2n) is 4.98.